The van der Waals surface area contributed by atoms with Crippen LogP contribution in [0.2, 0.25) is 0 Å². The van der Waals surface area contributed by atoms with Gasteiger partial charge >= 0.3 is 0 Å². The van der Waals surface area contributed by atoms with Crippen molar-refractivity contribution in [1.82, 2.24) is 14.6 Å². The van der Waals surface area contributed by atoms with E-state index < -0.39 is 11.6 Å². The SMILES string of the molecule is Nc1nc2ccc(-c3ccc(CC(=O)Cc4ccc(F)cc4F)cc3)cn2n1. The van der Waals surface area contributed by atoms with Crippen LogP contribution in [0.1, 0.15) is 11.1 Å². The number of nitrogen functional groups attached to an aromatic ring is 1. The molecule has 2 aromatic carbocycles. The summed E-state index contributed by atoms with van der Waals surface area (Å²) in [6.07, 6.45) is 1.93. The number of carbonyl (C=O) groups is 1. The normalized spacial score (nSPS) is 11.1. The van der Waals surface area contributed by atoms with Crippen LogP contribution in [0.15, 0.2) is 60.8 Å². The molecule has 0 atom stereocenters. The first-order chi connectivity index (χ1) is 13.5. The second kappa shape index (κ2) is 7.19. The Bertz CT molecular complexity index is 1170. The molecule has 0 aliphatic rings. The molecule has 0 radical (unpaired) electrons. The van der Waals surface area contributed by atoms with E-state index in [-0.39, 0.29) is 30.1 Å². The Morgan fingerprint density at radius 2 is 1.71 bits per heavy atom. The molecule has 4 rings (SSSR count). The monoisotopic (exact) mass is 378 g/mol. The minimum absolute atomic E-state index is 0.0712. The maximum absolute atomic E-state index is 13.7. The number of rotatable bonds is 5. The molecule has 0 saturated heterocycles. The second-order valence-electron chi connectivity index (χ2n) is 6.52. The van der Waals surface area contributed by atoms with E-state index in [1.165, 1.54) is 6.07 Å². The Morgan fingerprint density at radius 1 is 0.964 bits per heavy atom. The van der Waals surface area contributed by atoms with Gasteiger partial charge in [0.05, 0.1) is 0 Å². The summed E-state index contributed by atoms with van der Waals surface area (Å²) in [4.78, 5) is 16.3. The van der Waals surface area contributed by atoms with Crippen molar-refractivity contribution >= 4 is 17.4 Å². The third-order valence-corrected chi connectivity index (χ3v) is 4.44. The van der Waals surface area contributed by atoms with Gasteiger partial charge in [0.2, 0.25) is 5.95 Å². The zero-order chi connectivity index (χ0) is 19.7. The molecule has 0 spiro atoms. The van der Waals surface area contributed by atoms with Gasteiger partial charge < -0.3 is 5.73 Å². The molecule has 140 valence electrons. The van der Waals surface area contributed by atoms with Crippen LogP contribution in [-0.2, 0) is 17.6 Å². The van der Waals surface area contributed by atoms with Crippen LogP contribution in [-0.4, -0.2) is 20.4 Å². The number of anilines is 1. The fraction of sp³-hybridized carbons (Fsp3) is 0.0952. The molecule has 2 aromatic heterocycles. The number of pyridine rings is 1. The Hall–Kier alpha value is -3.61. The van der Waals surface area contributed by atoms with Gasteiger partial charge in [0.25, 0.3) is 0 Å². The third kappa shape index (κ3) is 3.73. The first-order valence-corrected chi connectivity index (χ1v) is 8.65. The van der Waals surface area contributed by atoms with Crippen molar-refractivity contribution in [2.45, 2.75) is 12.8 Å². The van der Waals surface area contributed by atoms with Crippen LogP contribution in [0.4, 0.5) is 14.7 Å². The fourth-order valence-electron chi connectivity index (χ4n) is 3.05. The summed E-state index contributed by atoms with van der Waals surface area (Å²) in [5, 5.41) is 4.09. The summed E-state index contributed by atoms with van der Waals surface area (Å²) < 4.78 is 28.3. The van der Waals surface area contributed by atoms with Gasteiger partial charge in [-0.05, 0) is 34.9 Å². The zero-order valence-corrected chi connectivity index (χ0v) is 14.8. The largest absolute Gasteiger partial charge is 0.366 e. The minimum atomic E-state index is -0.701. The lowest BCUT2D eigenvalue weighted by atomic mass is 10.00. The van der Waals surface area contributed by atoms with Gasteiger partial charge in [-0.15, -0.1) is 5.10 Å². The fourth-order valence-corrected chi connectivity index (χ4v) is 3.05. The predicted octanol–water partition coefficient (Wildman–Crippen LogP) is 3.61. The number of Topliss-reactive ketones (excluding diaryl/α,β-unsaturated/α-hetero) is 1. The molecule has 7 heteroatoms. The van der Waals surface area contributed by atoms with E-state index in [9.17, 15) is 13.6 Å². The zero-order valence-electron chi connectivity index (χ0n) is 14.8. The maximum Gasteiger partial charge on any atom is 0.240 e. The summed E-state index contributed by atoms with van der Waals surface area (Å²) in [6.45, 7) is 0. The quantitative estimate of drug-likeness (QED) is 0.576. The number of nitrogens with two attached hydrogens (primary N) is 1. The summed E-state index contributed by atoms with van der Waals surface area (Å²) in [6, 6.07) is 14.5. The van der Waals surface area contributed by atoms with Crippen molar-refractivity contribution in [1.29, 1.82) is 0 Å². The summed E-state index contributed by atoms with van der Waals surface area (Å²) >= 11 is 0. The van der Waals surface area contributed by atoms with Crippen LogP contribution >= 0.6 is 0 Å². The molecular formula is C21H16F2N4O. The molecule has 0 unspecified atom stereocenters. The lowest BCUT2D eigenvalue weighted by Crippen LogP contribution is -2.08. The number of aromatic nitrogens is 3. The highest BCUT2D eigenvalue weighted by atomic mass is 19.1. The van der Waals surface area contributed by atoms with Gasteiger partial charge in [-0.1, -0.05) is 30.3 Å². The third-order valence-electron chi connectivity index (χ3n) is 4.44. The molecule has 2 heterocycles. The lowest BCUT2D eigenvalue weighted by Gasteiger charge is -2.06. The molecule has 2 N–H and O–H groups in total. The molecule has 5 nitrogen and oxygen atoms in total. The minimum Gasteiger partial charge on any atom is -0.366 e. The van der Waals surface area contributed by atoms with Crippen molar-refractivity contribution in [2.75, 3.05) is 5.73 Å². The number of hydrogen-bond acceptors (Lipinski definition) is 4. The average molecular weight is 378 g/mol. The number of fused-ring (bicyclic) bond motifs is 1. The second-order valence-corrected chi connectivity index (χ2v) is 6.52. The Labute approximate surface area is 159 Å². The van der Waals surface area contributed by atoms with E-state index >= 15 is 0 Å². The highest BCUT2D eigenvalue weighted by Gasteiger charge is 2.11. The van der Waals surface area contributed by atoms with Crippen LogP contribution in [0, 0.1) is 11.6 Å². The number of ketones is 1. The van der Waals surface area contributed by atoms with Gasteiger partial charge in [0.15, 0.2) is 5.65 Å². The van der Waals surface area contributed by atoms with Gasteiger partial charge in [0, 0.05) is 30.7 Å². The predicted molar refractivity (Wildman–Crippen MR) is 102 cm³/mol. The summed E-state index contributed by atoms with van der Waals surface area (Å²) in [5.74, 6) is -1.29. The number of benzene rings is 2. The van der Waals surface area contributed by atoms with Gasteiger partial charge in [-0.3, -0.25) is 4.79 Å². The van der Waals surface area contributed by atoms with E-state index in [4.69, 9.17) is 5.73 Å². The van der Waals surface area contributed by atoms with E-state index in [0.29, 0.717) is 5.65 Å². The molecule has 0 bridgehead atoms. The first kappa shape index (κ1) is 17.8. The van der Waals surface area contributed by atoms with Gasteiger partial charge in [0.1, 0.15) is 17.4 Å². The first-order valence-electron chi connectivity index (χ1n) is 8.65. The Morgan fingerprint density at radius 3 is 2.46 bits per heavy atom. The number of carbonyl (C=O) groups excluding carboxylic acids is 1. The molecule has 28 heavy (non-hydrogen) atoms. The van der Waals surface area contributed by atoms with E-state index in [2.05, 4.69) is 10.1 Å². The molecule has 0 aliphatic heterocycles. The molecular weight excluding hydrogens is 362 g/mol. The molecule has 0 fully saturated rings. The molecule has 0 amide bonds. The molecule has 0 saturated carbocycles. The highest BCUT2D eigenvalue weighted by molar-refractivity contribution is 5.83. The number of halogens is 2. The Balaban J connectivity index is 1.47. The smallest absolute Gasteiger partial charge is 0.240 e. The van der Waals surface area contributed by atoms with Crippen molar-refractivity contribution in [2.24, 2.45) is 0 Å². The average Bonchev–Trinajstić information content (AvgIpc) is 3.04. The molecule has 0 aliphatic carbocycles. The Kier molecular flexibility index (Phi) is 4.57. The number of nitrogens with zero attached hydrogens (tertiary/aromatic N) is 3. The van der Waals surface area contributed by atoms with E-state index in [1.807, 2.05) is 42.6 Å². The van der Waals surface area contributed by atoms with Crippen molar-refractivity contribution in [3.8, 4) is 11.1 Å². The van der Waals surface area contributed by atoms with Gasteiger partial charge in [-0.2, -0.15) is 4.98 Å². The maximum atomic E-state index is 13.7. The van der Waals surface area contributed by atoms with Gasteiger partial charge in [-0.25, -0.2) is 13.3 Å². The summed E-state index contributed by atoms with van der Waals surface area (Å²) in [5.41, 5.74) is 9.17. The summed E-state index contributed by atoms with van der Waals surface area (Å²) in [7, 11) is 0. The topological polar surface area (TPSA) is 73.3 Å². The van der Waals surface area contributed by atoms with Crippen molar-refractivity contribution in [3.63, 3.8) is 0 Å². The standard InChI is InChI=1S/C21H16F2N4O/c22-17-7-5-15(19(23)11-17)10-18(28)9-13-1-3-14(4-2-13)16-6-8-20-25-21(24)26-27(20)12-16/h1-8,11-12H,9-10H2,(H2,24,26). The van der Waals surface area contributed by atoms with Crippen LogP contribution < -0.4 is 5.73 Å². The lowest BCUT2D eigenvalue weighted by molar-refractivity contribution is -0.117. The molecule has 4 aromatic rings. The van der Waals surface area contributed by atoms with E-state index in [1.54, 1.807) is 4.52 Å². The van der Waals surface area contributed by atoms with Crippen molar-refractivity contribution < 1.29 is 13.6 Å². The highest BCUT2D eigenvalue weighted by Crippen LogP contribution is 2.21. The van der Waals surface area contributed by atoms with E-state index in [0.717, 1.165) is 28.8 Å². The van der Waals surface area contributed by atoms with Crippen LogP contribution in [0.5, 0.6) is 0 Å². The van der Waals surface area contributed by atoms with Crippen LogP contribution in [0.3, 0.4) is 0 Å². The number of hydrogen-bond donors (Lipinski definition) is 1. The van der Waals surface area contributed by atoms with Crippen molar-refractivity contribution in [3.05, 3.63) is 83.6 Å². The van der Waals surface area contributed by atoms with Crippen LogP contribution in [0.25, 0.3) is 16.8 Å².